The van der Waals surface area contributed by atoms with Gasteiger partial charge in [-0.3, -0.25) is 10.1 Å². The summed E-state index contributed by atoms with van der Waals surface area (Å²) in [7, 11) is 0. The van der Waals surface area contributed by atoms with Crippen molar-refractivity contribution < 1.29 is 28.7 Å². The summed E-state index contributed by atoms with van der Waals surface area (Å²) in [5.74, 6) is -2.37. The van der Waals surface area contributed by atoms with E-state index in [1.54, 1.807) is 27.7 Å². The zero-order chi connectivity index (χ0) is 16.5. The molecule has 0 aliphatic carbocycles. The van der Waals surface area contributed by atoms with Crippen LogP contribution < -0.4 is 10.6 Å². The van der Waals surface area contributed by atoms with Crippen LogP contribution in [0.15, 0.2) is 12.2 Å². The normalized spacial score (nSPS) is 10.9. The number of hydrogen-bond donors (Lipinski definition) is 2. The molecule has 0 aromatic carbocycles. The molecule has 21 heavy (non-hydrogen) atoms. The van der Waals surface area contributed by atoms with Crippen molar-refractivity contribution in [2.75, 3.05) is 13.2 Å². The molecule has 0 aromatic rings. The van der Waals surface area contributed by atoms with Gasteiger partial charge >= 0.3 is 18.0 Å². The van der Waals surface area contributed by atoms with E-state index in [1.807, 2.05) is 5.32 Å². The second-order valence-corrected chi connectivity index (χ2v) is 4.95. The lowest BCUT2D eigenvalue weighted by molar-refractivity contribution is -0.144. The Hall–Kier alpha value is -2.38. The van der Waals surface area contributed by atoms with Gasteiger partial charge in [-0.05, 0) is 27.7 Å². The number of ether oxygens (including phenoxy) is 2. The highest BCUT2D eigenvalue weighted by atomic mass is 16.5. The summed E-state index contributed by atoms with van der Waals surface area (Å²) < 4.78 is 9.09. The van der Waals surface area contributed by atoms with Crippen LogP contribution in [-0.2, 0) is 23.9 Å². The summed E-state index contributed by atoms with van der Waals surface area (Å²) in [5, 5.41) is 4.50. The van der Waals surface area contributed by atoms with E-state index in [4.69, 9.17) is 0 Å². The monoisotopic (exact) mass is 300 g/mol. The van der Waals surface area contributed by atoms with Crippen LogP contribution in [0.1, 0.15) is 27.7 Å². The van der Waals surface area contributed by atoms with Gasteiger partial charge in [0.05, 0.1) is 6.61 Å². The molecule has 2 N–H and O–H groups in total. The Morgan fingerprint density at radius 1 is 1.00 bits per heavy atom. The largest absolute Gasteiger partial charge is 0.463 e. The number of hydrogen-bond acceptors (Lipinski definition) is 6. The molecular weight excluding hydrogens is 280 g/mol. The Bertz CT molecular complexity index is 436. The number of rotatable bonds is 5. The van der Waals surface area contributed by atoms with E-state index in [9.17, 15) is 19.2 Å². The van der Waals surface area contributed by atoms with E-state index in [2.05, 4.69) is 14.8 Å². The van der Waals surface area contributed by atoms with Crippen LogP contribution in [0.5, 0.6) is 0 Å². The fraction of sp³-hybridized carbons (Fsp3) is 0.538. The highest BCUT2D eigenvalue weighted by Crippen LogP contribution is 1.97. The van der Waals surface area contributed by atoms with Gasteiger partial charge in [-0.25, -0.2) is 14.4 Å². The zero-order valence-electron chi connectivity index (χ0n) is 12.5. The van der Waals surface area contributed by atoms with Gasteiger partial charge in [0.1, 0.15) is 0 Å². The molecule has 118 valence electrons. The average molecular weight is 300 g/mol. The van der Waals surface area contributed by atoms with Crippen LogP contribution in [0, 0.1) is 0 Å². The number of urea groups is 1. The first-order valence-electron chi connectivity index (χ1n) is 6.27. The quantitative estimate of drug-likeness (QED) is 0.557. The van der Waals surface area contributed by atoms with Crippen molar-refractivity contribution in [2.45, 2.75) is 33.2 Å². The summed E-state index contributed by atoms with van der Waals surface area (Å²) in [6.07, 6.45) is 1.72. The highest BCUT2D eigenvalue weighted by Gasteiger charge is 2.16. The summed E-state index contributed by atoms with van der Waals surface area (Å²) in [6.45, 7) is 6.41. The first-order valence-corrected chi connectivity index (χ1v) is 6.27. The minimum absolute atomic E-state index is 0.184. The first kappa shape index (κ1) is 18.6. The van der Waals surface area contributed by atoms with Crippen molar-refractivity contribution in [1.82, 2.24) is 10.6 Å². The third-order valence-corrected chi connectivity index (χ3v) is 1.73. The number of carbonyl (C=O) groups is 4. The average Bonchev–Trinajstić information content (AvgIpc) is 2.31. The van der Waals surface area contributed by atoms with Crippen LogP contribution in [0.4, 0.5) is 4.79 Å². The zero-order valence-corrected chi connectivity index (χ0v) is 12.5. The summed E-state index contributed by atoms with van der Waals surface area (Å²) in [4.78, 5) is 44.7. The van der Waals surface area contributed by atoms with Gasteiger partial charge in [0, 0.05) is 17.7 Å². The van der Waals surface area contributed by atoms with Gasteiger partial charge in [0.25, 0.3) is 5.91 Å². The van der Waals surface area contributed by atoms with Crippen molar-refractivity contribution in [1.29, 1.82) is 0 Å². The fourth-order valence-electron chi connectivity index (χ4n) is 1.05. The number of esters is 2. The van der Waals surface area contributed by atoms with Crippen molar-refractivity contribution in [2.24, 2.45) is 0 Å². The van der Waals surface area contributed by atoms with Gasteiger partial charge in [-0.2, -0.15) is 0 Å². The smallest absolute Gasteiger partial charge is 0.331 e. The van der Waals surface area contributed by atoms with E-state index < -0.39 is 36.0 Å². The van der Waals surface area contributed by atoms with Crippen LogP contribution in [0.3, 0.4) is 0 Å². The Labute approximate surface area is 122 Å². The lowest BCUT2D eigenvalue weighted by Crippen LogP contribution is -2.49. The SMILES string of the molecule is CCOC(=O)C=CC(=O)OCC(=O)NC(=O)NC(C)(C)C. The van der Waals surface area contributed by atoms with Gasteiger partial charge in [0.2, 0.25) is 0 Å². The number of imide groups is 1. The molecule has 8 nitrogen and oxygen atoms in total. The second-order valence-electron chi connectivity index (χ2n) is 4.95. The Morgan fingerprint density at radius 3 is 2.00 bits per heavy atom. The van der Waals surface area contributed by atoms with Crippen molar-refractivity contribution in [3.8, 4) is 0 Å². The molecule has 0 saturated heterocycles. The van der Waals surface area contributed by atoms with E-state index in [0.29, 0.717) is 0 Å². The maximum atomic E-state index is 11.3. The lowest BCUT2D eigenvalue weighted by Gasteiger charge is -2.20. The van der Waals surface area contributed by atoms with Gasteiger partial charge in [0.15, 0.2) is 6.61 Å². The predicted octanol–water partition coefficient (Wildman–Crippen LogP) is 0.273. The third kappa shape index (κ3) is 11.2. The van der Waals surface area contributed by atoms with Crippen LogP contribution in [0.2, 0.25) is 0 Å². The van der Waals surface area contributed by atoms with Crippen molar-refractivity contribution in [3.63, 3.8) is 0 Å². The van der Waals surface area contributed by atoms with Crippen LogP contribution in [0.25, 0.3) is 0 Å². The minimum Gasteiger partial charge on any atom is -0.463 e. The molecule has 0 heterocycles. The molecule has 0 aliphatic heterocycles. The lowest BCUT2D eigenvalue weighted by atomic mass is 10.1. The Balaban J connectivity index is 4.06. The number of carbonyl (C=O) groups excluding carboxylic acids is 4. The molecule has 3 amide bonds. The van der Waals surface area contributed by atoms with Crippen LogP contribution in [-0.4, -0.2) is 42.6 Å². The molecule has 0 atom stereocenters. The molecule has 0 rings (SSSR count). The standard InChI is InChI=1S/C13H20N2O6/c1-5-20-10(17)6-7-11(18)21-8-9(16)14-12(19)15-13(2,3)4/h6-7H,5,8H2,1-4H3,(H2,14,15,16,19). The first-order chi connectivity index (χ1) is 9.64. The molecular formula is C13H20N2O6. The van der Waals surface area contributed by atoms with Crippen LogP contribution >= 0.6 is 0 Å². The van der Waals surface area contributed by atoms with E-state index in [0.717, 1.165) is 12.2 Å². The van der Waals surface area contributed by atoms with Gasteiger partial charge in [-0.1, -0.05) is 0 Å². The highest BCUT2D eigenvalue weighted by molar-refractivity contribution is 5.97. The Kier molecular flexibility index (Phi) is 7.74. The summed E-state index contributed by atoms with van der Waals surface area (Å²) >= 11 is 0. The predicted molar refractivity (Wildman–Crippen MR) is 73.2 cm³/mol. The molecule has 0 radical (unpaired) electrons. The van der Waals surface area contributed by atoms with E-state index in [1.165, 1.54) is 0 Å². The van der Waals surface area contributed by atoms with Gasteiger partial charge < -0.3 is 14.8 Å². The van der Waals surface area contributed by atoms with Gasteiger partial charge in [-0.15, -0.1) is 0 Å². The van der Waals surface area contributed by atoms with Crippen molar-refractivity contribution >= 4 is 23.9 Å². The molecule has 0 fully saturated rings. The molecule has 0 bridgehead atoms. The molecule has 0 unspecified atom stereocenters. The fourth-order valence-corrected chi connectivity index (χ4v) is 1.05. The minimum atomic E-state index is -0.894. The molecule has 0 spiro atoms. The molecule has 0 saturated carbocycles. The molecule has 8 heteroatoms. The number of nitrogens with one attached hydrogen (secondary N) is 2. The topological polar surface area (TPSA) is 111 Å². The molecule has 0 aromatic heterocycles. The van der Waals surface area contributed by atoms with Crippen molar-refractivity contribution in [3.05, 3.63) is 12.2 Å². The maximum Gasteiger partial charge on any atom is 0.331 e. The second kappa shape index (κ2) is 8.72. The summed E-state index contributed by atoms with van der Waals surface area (Å²) in [6, 6.07) is -0.689. The Morgan fingerprint density at radius 2 is 1.52 bits per heavy atom. The van der Waals surface area contributed by atoms with E-state index >= 15 is 0 Å². The third-order valence-electron chi connectivity index (χ3n) is 1.73. The summed E-state index contributed by atoms with van der Waals surface area (Å²) in [5.41, 5.74) is -0.497. The van der Waals surface area contributed by atoms with E-state index in [-0.39, 0.29) is 6.61 Å². The maximum absolute atomic E-state index is 11.3. The number of amides is 3. The molecule has 0 aliphatic rings.